The summed E-state index contributed by atoms with van der Waals surface area (Å²) in [7, 11) is 0. The fourth-order valence-corrected chi connectivity index (χ4v) is 4.39. The fraction of sp³-hybridized carbons (Fsp3) is 0. The Morgan fingerprint density at radius 3 is 3.09 bits per heavy atom. The van der Waals surface area contributed by atoms with E-state index in [0.717, 1.165) is 5.69 Å². The quantitative estimate of drug-likeness (QED) is 0.668. The van der Waals surface area contributed by atoms with Crippen molar-refractivity contribution < 1.29 is 9.90 Å². The molecule has 1 aliphatic heterocycles. The fourth-order valence-electron chi connectivity index (χ4n) is 0.939. The average molecular weight is 343 g/mol. The van der Waals surface area contributed by atoms with Gasteiger partial charge in [-0.05, 0) is 0 Å². The number of aromatic nitrogens is 1. The molecule has 0 unspecified atom stereocenters. The first-order chi connectivity index (χ1) is 5.29. The van der Waals surface area contributed by atoms with Gasteiger partial charge >= 0.3 is 74.1 Å². The van der Waals surface area contributed by atoms with Crippen LogP contribution in [0.2, 0.25) is 0 Å². The zero-order valence-corrected chi connectivity index (χ0v) is 8.96. The van der Waals surface area contributed by atoms with Crippen LogP contribution in [0.1, 0.15) is 5.69 Å². The molecule has 1 aromatic heterocycles. The summed E-state index contributed by atoms with van der Waals surface area (Å²) in [5.74, 6) is -0.770. The van der Waals surface area contributed by atoms with Gasteiger partial charge in [-0.1, -0.05) is 0 Å². The Morgan fingerprint density at radius 2 is 2.45 bits per heavy atom. The van der Waals surface area contributed by atoms with Gasteiger partial charge in [-0.2, -0.15) is 0 Å². The summed E-state index contributed by atoms with van der Waals surface area (Å²) in [5.41, 5.74) is 0.733. The summed E-state index contributed by atoms with van der Waals surface area (Å²) in [5, 5.41) is 8.65. The standard InChI is InChI=1S/C7H4NO2.Bi/c9-7(10)5-6-3-1-2-4-8-6;/h1-2,4H,(H,9,10);. The minimum absolute atomic E-state index is 0.612. The first-order valence-corrected chi connectivity index (χ1v) is 6.54. The van der Waals surface area contributed by atoms with Crippen molar-refractivity contribution in [3.63, 3.8) is 0 Å². The van der Waals surface area contributed by atoms with Crippen LogP contribution in [0.15, 0.2) is 18.3 Å². The Morgan fingerprint density at radius 1 is 1.64 bits per heavy atom. The van der Waals surface area contributed by atoms with E-state index in [0.29, 0.717) is 3.21 Å². The van der Waals surface area contributed by atoms with Crippen LogP contribution >= 0.6 is 0 Å². The molecule has 11 heavy (non-hydrogen) atoms. The molecular formula is C7H4BiNO2. The van der Waals surface area contributed by atoms with E-state index in [1.54, 1.807) is 6.20 Å². The number of fused-ring (bicyclic) bond motifs is 1. The van der Waals surface area contributed by atoms with Crippen molar-refractivity contribution in [2.75, 3.05) is 0 Å². The zero-order valence-electron chi connectivity index (χ0n) is 5.48. The second-order valence-corrected chi connectivity index (χ2v) is 6.62. The van der Waals surface area contributed by atoms with E-state index in [2.05, 4.69) is 4.98 Å². The number of carboxylic acid groups (broad SMARTS) is 1. The molecule has 54 valence electrons. The van der Waals surface area contributed by atoms with Crippen LogP contribution in [0.5, 0.6) is 0 Å². The molecule has 0 fully saturated rings. The van der Waals surface area contributed by atoms with Crippen LogP contribution < -0.4 is 3.27 Å². The topological polar surface area (TPSA) is 50.2 Å². The van der Waals surface area contributed by atoms with E-state index < -0.39 is 28.7 Å². The summed E-state index contributed by atoms with van der Waals surface area (Å²) in [4.78, 5) is 14.5. The average Bonchev–Trinajstić information content (AvgIpc) is 1.90. The van der Waals surface area contributed by atoms with Gasteiger partial charge in [-0.15, -0.1) is 0 Å². The van der Waals surface area contributed by atoms with Gasteiger partial charge in [0.05, 0.1) is 0 Å². The molecule has 1 N–H and O–H groups in total. The molecule has 0 amide bonds. The van der Waals surface area contributed by atoms with Crippen molar-refractivity contribution in [1.29, 1.82) is 0 Å². The summed E-state index contributed by atoms with van der Waals surface area (Å²) in [6.45, 7) is 0. The maximum atomic E-state index is 10.5. The van der Waals surface area contributed by atoms with Gasteiger partial charge in [0.2, 0.25) is 0 Å². The van der Waals surface area contributed by atoms with E-state index in [1.165, 1.54) is 3.27 Å². The second-order valence-electron chi connectivity index (χ2n) is 2.14. The van der Waals surface area contributed by atoms with Crippen molar-refractivity contribution in [1.82, 2.24) is 4.98 Å². The Kier molecular flexibility index (Phi) is 1.57. The van der Waals surface area contributed by atoms with Crippen LogP contribution in [-0.4, -0.2) is 42.0 Å². The normalized spacial score (nSPS) is 12.9. The molecule has 3 nitrogen and oxygen atoms in total. The van der Waals surface area contributed by atoms with Gasteiger partial charge < -0.3 is 0 Å². The molecule has 0 atom stereocenters. The summed E-state index contributed by atoms with van der Waals surface area (Å²) in [6.07, 6.45) is 1.64. The molecule has 2 heterocycles. The number of hydrogen-bond donors (Lipinski definition) is 1. The molecule has 0 bridgehead atoms. The van der Waals surface area contributed by atoms with Crippen LogP contribution in [0.4, 0.5) is 0 Å². The maximum absolute atomic E-state index is 10.5. The van der Waals surface area contributed by atoms with Crippen LogP contribution in [0, 0.1) is 0 Å². The van der Waals surface area contributed by atoms with E-state index in [4.69, 9.17) is 5.11 Å². The van der Waals surface area contributed by atoms with E-state index in [1.807, 2.05) is 12.1 Å². The third-order valence-corrected chi connectivity index (χ3v) is 6.22. The molecule has 2 rings (SSSR count). The predicted molar refractivity (Wildman–Crippen MR) is 41.4 cm³/mol. The molecule has 0 radical (unpaired) electrons. The molecule has 0 spiro atoms. The third kappa shape index (κ3) is 1.02. The van der Waals surface area contributed by atoms with Crippen molar-refractivity contribution in [3.8, 4) is 0 Å². The van der Waals surface area contributed by atoms with Crippen molar-refractivity contribution >= 4 is 35.2 Å². The van der Waals surface area contributed by atoms with Gasteiger partial charge in [-0.25, -0.2) is 0 Å². The summed E-state index contributed by atoms with van der Waals surface area (Å²) in [6, 6.07) is 3.84. The van der Waals surface area contributed by atoms with E-state index in [-0.39, 0.29) is 0 Å². The first-order valence-electron chi connectivity index (χ1n) is 3.06. The number of carbonyl (C=O) groups is 1. The van der Waals surface area contributed by atoms with Gasteiger partial charge in [0.1, 0.15) is 0 Å². The van der Waals surface area contributed by atoms with Gasteiger partial charge in [0.25, 0.3) is 0 Å². The van der Waals surface area contributed by atoms with Crippen molar-refractivity contribution in [2.45, 2.75) is 0 Å². The van der Waals surface area contributed by atoms with Gasteiger partial charge in [0, 0.05) is 0 Å². The predicted octanol–water partition coefficient (Wildman–Crippen LogP) is -0.970. The summed E-state index contributed by atoms with van der Waals surface area (Å²) >= 11 is -0.979. The minimum atomic E-state index is -0.979. The molecule has 4 heteroatoms. The van der Waals surface area contributed by atoms with Gasteiger partial charge in [0.15, 0.2) is 0 Å². The Bertz CT molecular complexity index is 359. The molecule has 0 aliphatic carbocycles. The number of carboxylic acids is 1. The van der Waals surface area contributed by atoms with Crippen LogP contribution in [0.25, 0.3) is 0 Å². The Balaban J connectivity index is 2.46. The molecule has 0 saturated heterocycles. The van der Waals surface area contributed by atoms with Crippen molar-refractivity contribution in [3.05, 3.63) is 24.0 Å². The van der Waals surface area contributed by atoms with Crippen LogP contribution in [0.3, 0.4) is 0 Å². The second kappa shape index (κ2) is 2.45. The van der Waals surface area contributed by atoms with E-state index >= 15 is 0 Å². The number of hydrogen-bond acceptors (Lipinski definition) is 2. The number of pyridine rings is 1. The molecule has 0 aromatic carbocycles. The van der Waals surface area contributed by atoms with Gasteiger partial charge in [-0.3, -0.25) is 0 Å². The Labute approximate surface area is 74.1 Å². The summed E-state index contributed by atoms with van der Waals surface area (Å²) < 4.78 is 1.82. The third-order valence-electron chi connectivity index (χ3n) is 1.45. The Hall–Kier alpha value is -0.627. The molecule has 1 aliphatic rings. The first kappa shape index (κ1) is 7.05. The SMILES string of the molecule is O=C(O)[C]1=[Bi][c]2cccnc21. The van der Waals surface area contributed by atoms with Crippen molar-refractivity contribution in [2.24, 2.45) is 0 Å². The molecular weight excluding hydrogens is 339 g/mol. The molecule has 1 aromatic rings. The monoisotopic (exact) mass is 343 g/mol. The number of aliphatic carboxylic acids is 1. The molecule has 0 saturated carbocycles. The van der Waals surface area contributed by atoms with Crippen LogP contribution in [-0.2, 0) is 4.79 Å². The van der Waals surface area contributed by atoms with E-state index in [9.17, 15) is 4.79 Å². The number of rotatable bonds is 1. The number of nitrogens with zero attached hydrogens (tertiary/aromatic N) is 1. The zero-order chi connectivity index (χ0) is 7.84.